The predicted molar refractivity (Wildman–Crippen MR) is 109 cm³/mol. The predicted octanol–water partition coefficient (Wildman–Crippen LogP) is 6.16. The van der Waals surface area contributed by atoms with Gasteiger partial charge in [-0.05, 0) is 49.2 Å². The van der Waals surface area contributed by atoms with Crippen LogP contribution in [0.1, 0.15) is 36.8 Å². The molecule has 1 aliphatic heterocycles. The third-order valence-electron chi connectivity index (χ3n) is 5.35. The zero-order valence-electron chi connectivity index (χ0n) is 16.1. The summed E-state index contributed by atoms with van der Waals surface area (Å²) in [6.07, 6.45) is 0.513. The lowest BCUT2D eigenvalue weighted by Crippen LogP contribution is -2.26. The normalized spacial score (nSPS) is 15.8. The first-order chi connectivity index (χ1) is 14.3. The summed E-state index contributed by atoms with van der Waals surface area (Å²) in [5.74, 6) is -0.714. The second-order valence-corrected chi connectivity index (χ2v) is 7.44. The minimum absolute atomic E-state index is 0.103. The van der Waals surface area contributed by atoms with Crippen LogP contribution in [0, 0.1) is 5.82 Å². The number of hydrogen-bond acceptors (Lipinski definition) is 3. The van der Waals surface area contributed by atoms with Crippen molar-refractivity contribution in [2.24, 2.45) is 4.99 Å². The number of aromatic hydroxyl groups is 1. The van der Waals surface area contributed by atoms with Gasteiger partial charge in [0.05, 0.1) is 16.8 Å². The fraction of sp³-hybridized carbons (Fsp3) is 0.318. The lowest BCUT2D eigenvalue weighted by molar-refractivity contribution is -0.137. The van der Waals surface area contributed by atoms with Gasteiger partial charge in [-0.3, -0.25) is 4.99 Å². The van der Waals surface area contributed by atoms with Crippen LogP contribution in [0.5, 0.6) is 5.88 Å². The van der Waals surface area contributed by atoms with E-state index in [9.17, 15) is 22.7 Å². The first-order valence-corrected chi connectivity index (χ1v) is 9.83. The number of rotatable bonds is 3. The highest BCUT2D eigenvalue weighted by Gasteiger charge is 2.35. The molecule has 158 valence electrons. The molecule has 30 heavy (non-hydrogen) atoms. The number of H-pyrrole nitrogens is 1. The van der Waals surface area contributed by atoms with Crippen molar-refractivity contribution in [3.8, 4) is 5.88 Å². The van der Waals surface area contributed by atoms with Crippen LogP contribution in [0.15, 0.2) is 41.4 Å². The van der Waals surface area contributed by atoms with Crippen molar-refractivity contribution in [3.63, 3.8) is 0 Å². The summed E-state index contributed by atoms with van der Waals surface area (Å²) in [5, 5.41) is 10.5. The van der Waals surface area contributed by atoms with Crippen LogP contribution >= 0.6 is 0 Å². The summed E-state index contributed by atoms with van der Waals surface area (Å²) in [6, 6.07) is 7.95. The van der Waals surface area contributed by atoms with Gasteiger partial charge < -0.3 is 15.0 Å². The van der Waals surface area contributed by atoms with Crippen LogP contribution in [-0.2, 0) is 6.18 Å². The van der Waals surface area contributed by atoms with Gasteiger partial charge in [0.25, 0.3) is 0 Å². The zero-order valence-corrected chi connectivity index (χ0v) is 16.1. The van der Waals surface area contributed by atoms with Gasteiger partial charge in [-0.15, -0.1) is 0 Å². The van der Waals surface area contributed by atoms with E-state index in [1.807, 2.05) is 0 Å². The van der Waals surface area contributed by atoms with Gasteiger partial charge in [0.2, 0.25) is 0 Å². The highest BCUT2D eigenvalue weighted by Crippen LogP contribution is 2.39. The van der Waals surface area contributed by atoms with Crippen LogP contribution in [-0.4, -0.2) is 29.4 Å². The van der Waals surface area contributed by atoms with Crippen molar-refractivity contribution in [1.82, 2.24) is 4.98 Å². The second kappa shape index (κ2) is 8.01. The number of benzene rings is 2. The van der Waals surface area contributed by atoms with E-state index in [1.165, 1.54) is 36.5 Å². The van der Waals surface area contributed by atoms with Crippen LogP contribution in [0.25, 0.3) is 10.9 Å². The van der Waals surface area contributed by atoms with Crippen molar-refractivity contribution < 1.29 is 22.7 Å². The minimum atomic E-state index is -4.51. The molecule has 1 aliphatic rings. The largest absolute Gasteiger partial charge is 0.494 e. The molecule has 0 radical (unpaired) electrons. The Balaban J connectivity index is 1.70. The average molecular weight is 419 g/mol. The molecular weight excluding hydrogens is 398 g/mol. The average Bonchev–Trinajstić information content (AvgIpc) is 2.87. The van der Waals surface area contributed by atoms with Gasteiger partial charge >= 0.3 is 6.18 Å². The number of nitrogens with one attached hydrogen (secondary N) is 1. The molecular formula is C22H21F4N3O. The lowest BCUT2D eigenvalue weighted by atomic mass is 10.1. The molecule has 0 saturated carbocycles. The van der Waals surface area contributed by atoms with Gasteiger partial charge in [0.15, 0.2) is 5.88 Å². The monoisotopic (exact) mass is 419 g/mol. The summed E-state index contributed by atoms with van der Waals surface area (Å²) in [7, 11) is 0. The van der Waals surface area contributed by atoms with E-state index in [2.05, 4.69) is 9.98 Å². The van der Waals surface area contributed by atoms with Crippen molar-refractivity contribution in [2.45, 2.75) is 31.9 Å². The Morgan fingerprint density at radius 3 is 2.43 bits per heavy atom. The smallest absolute Gasteiger partial charge is 0.418 e. The molecule has 4 rings (SSSR count). The van der Waals surface area contributed by atoms with Crippen LogP contribution in [0.2, 0.25) is 0 Å². The Hall–Kier alpha value is -3.03. The molecule has 8 heteroatoms. The highest BCUT2D eigenvalue weighted by molar-refractivity contribution is 6.02. The zero-order chi connectivity index (χ0) is 21.3. The van der Waals surface area contributed by atoms with Crippen molar-refractivity contribution >= 4 is 28.5 Å². The molecule has 1 fully saturated rings. The summed E-state index contributed by atoms with van der Waals surface area (Å²) >= 11 is 0. The molecule has 0 unspecified atom stereocenters. The van der Waals surface area contributed by atoms with E-state index in [1.54, 1.807) is 4.90 Å². The van der Waals surface area contributed by atoms with Crippen molar-refractivity contribution in [3.05, 3.63) is 53.3 Å². The number of alkyl halides is 3. The van der Waals surface area contributed by atoms with Gasteiger partial charge in [-0.2, -0.15) is 13.2 Å². The summed E-state index contributed by atoms with van der Waals surface area (Å²) < 4.78 is 54.8. The third kappa shape index (κ3) is 4.13. The maximum atomic E-state index is 13.8. The molecule has 0 amide bonds. The molecule has 2 N–H and O–H groups in total. The number of anilines is 1. The fourth-order valence-electron chi connectivity index (χ4n) is 3.86. The number of fused-ring (bicyclic) bond motifs is 1. The van der Waals surface area contributed by atoms with E-state index in [-0.39, 0.29) is 22.8 Å². The summed E-state index contributed by atoms with van der Waals surface area (Å²) in [5.41, 5.74) is 0.261. The van der Waals surface area contributed by atoms with E-state index >= 15 is 0 Å². The van der Waals surface area contributed by atoms with Gasteiger partial charge in [0.1, 0.15) is 5.82 Å². The Kier molecular flexibility index (Phi) is 5.40. The van der Waals surface area contributed by atoms with Gasteiger partial charge in [-0.25, -0.2) is 4.39 Å². The Labute approximate surface area is 170 Å². The van der Waals surface area contributed by atoms with Crippen LogP contribution < -0.4 is 4.90 Å². The molecule has 0 bridgehead atoms. The van der Waals surface area contributed by atoms with E-state index in [0.29, 0.717) is 24.0 Å². The van der Waals surface area contributed by atoms with Crippen LogP contribution in [0.4, 0.5) is 28.9 Å². The van der Waals surface area contributed by atoms with Crippen molar-refractivity contribution in [2.75, 3.05) is 18.0 Å². The number of hydrogen-bond donors (Lipinski definition) is 2. The second-order valence-electron chi connectivity index (χ2n) is 7.44. The molecule has 0 spiro atoms. The molecule has 2 aromatic carbocycles. The Bertz CT molecular complexity index is 1080. The molecule has 0 atom stereocenters. The Morgan fingerprint density at radius 1 is 1.00 bits per heavy atom. The molecule has 1 aromatic heterocycles. The summed E-state index contributed by atoms with van der Waals surface area (Å²) in [4.78, 5) is 8.61. The van der Waals surface area contributed by atoms with E-state index in [4.69, 9.17) is 0 Å². The van der Waals surface area contributed by atoms with Gasteiger partial charge in [-0.1, -0.05) is 12.8 Å². The molecule has 2 heterocycles. The number of halogens is 4. The quantitative estimate of drug-likeness (QED) is 0.394. The molecule has 3 aromatic rings. The van der Waals surface area contributed by atoms with Gasteiger partial charge in [0, 0.05) is 35.9 Å². The maximum Gasteiger partial charge on any atom is 0.418 e. The first kappa shape index (κ1) is 20.3. The standard InChI is InChI=1S/C22H21F4N3O/c23-14-5-7-19-16(11-14)17(21(30)28-19)13-27-15-6-8-20(18(12-15)22(24,25)26)29-9-3-1-2-4-10-29/h5-8,11-13,28,30H,1-4,9-10H2. The fourth-order valence-corrected chi connectivity index (χ4v) is 3.86. The number of aromatic nitrogens is 1. The molecule has 1 saturated heterocycles. The topological polar surface area (TPSA) is 51.6 Å². The summed E-state index contributed by atoms with van der Waals surface area (Å²) in [6.45, 7) is 1.20. The van der Waals surface area contributed by atoms with Crippen LogP contribution in [0.3, 0.4) is 0 Å². The SMILES string of the molecule is Oc1[nH]c2ccc(F)cc2c1C=Nc1ccc(N2CCCCCC2)c(C(F)(F)F)c1. The number of aliphatic imine (C=N–C) groups is 1. The molecule has 0 aliphatic carbocycles. The number of aromatic amines is 1. The van der Waals surface area contributed by atoms with E-state index < -0.39 is 17.6 Å². The van der Waals surface area contributed by atoms with E-state index in [0.717, 1.165) is 31.7 Å². The highest BCUT2D eigenvalue weighted by atomic mass is 19.4. The minimum Gasteiger partial charge on any atom is -0.494 e. The lowest BCUT2D eigenvalue weighted by Gasteiger charge is -2.26. The Morgan fingerprint density at radius 2 is 1.73 bits per heavy atom. The third-order valence-corrected chi connectivity index (χ3v) is 5.35. The number of nitrogens with zero attached hydrogens (tertiary/aromatic N) is 2. The molecule has 4 nitrogen and oxygen atoms in total. The maximum absolute atomic E-state index is 13.8. The van der Waals surface area contributed by atoms with Crippen molar-refractivity contribution in [1.29, 1.82) is 0 Å². The first-order valence-electron chi connectivity index (χ1n) is 9.83.